The van der Waals surface area contributed by atoms with Crippen molar-refractivity contribution in [3.63, 3.8) is 0 Å². The number of carbonyl (C=O) groups is 4. The predicted molar refractivity (Wildman–Crippen MR) is 203 cm³/mol. The number of aliphatic hydroxyl groups excluding tert-OH is 1. The standard InChI is InChI=1S/C39H50N4O15/c1-5-52-39(48)32-20-31-29(22-44)8-11-33(37(31)43(32)13-15-50-17-19-51-18-16-49-14-12-41-42-40)54-23-28-6-9-30(10-7-28)57-36-21-34(55-26(3)46)38(56-27(4)47)35(58-36)24-53-25(2)45/h6-11,20,34-36,38,44H,5,12-19,21-24H2,1-4H3/t34-,35-,36-,38-/m1/s1. The zero-order valence-electron chi connectivity index (χ0n) is 33.0. The van der Waals surface area contributed by atoms with Gasteiger partial charge in [0.25, 0.3) is 0 Å². The SMILES string of the molecule is CCOC(=O)c1cc2c(CO)ccc(OCc3ccc(O[C@H]4C[C@@H](OC(C)=O)[C@@H](OC(C)=O)[C@@H](COC(C)=O)O4)cc3)c2n1CCOCCOCCOCCN=[N+]=[N-]. The summed E-state index contributed by atoms with van der Waals surface area (Å²) < 4.78 is 58.1. The molecule has 1 aliphatic rings. The summed E-state index contributed by atoms with van der Waals surface area (Å²) in [4.78, 5) is 51.1. The van der Waals surface area contributed by atoms with Crippen LogP contribution in [0.15, 0.2) is 47.6 Å². The molecule has 0 aliphatic carbocycles. The highest BCUT2D eigenvalue weighted by atomic mass is 16.7. The van der Waals surface area contributed by atoms with E-state index in [1.165, 1.54) is 20.8 Å². The monoisotopic (exact) mass is 814 g/mol. The highest BCUT2D eigenvalue weighted by molar-refractivity contribution is 5.99. The molecule has 19 heteroatoms. The second kappa shape index (κ2) is 23.7. The summed E-state index contributed by atoms with van der Waals surface area (Å²) in [6.45, 7) is 7.52. The summed E-state index contributed by atoms with van der Waals surface area (Å²) in [6, 6.07) is 12.1. The molecular weight excluding hydrogens is 764 g/mol. The van der Waals surface area contributed by atoms with Crippen molar-refractivity contribution in [2.75, 3.05) is 59.4 Å². The lowest BCUT2D eigenvalue weighted by Gasteiger charge is -2.39. The lowest BCUT2D eigenvalue weighted by Crippen LogP contribution is -2.54. The molecule has 1 N–H and O–H groups in total. The quantitative estimate of drug-likeness (QED) is 0.0334. The number of carbonyl (C=O) groups excluding carboxylic acids is 4. The zero-order chi connectivity index (χ0) is 41.9. The van der Waals surface area contributed by atoms with E-state index in [2.05, 4.69) is 10.0 Å². The van der Waals surface area contributed by atoms with Gasteiger partial charge in [-0.2, -0.15) is 0 Å². The first kappa shape index (κ1) is 45.3. The van der Waals surface area contributed by atoms with Crippen LogP contribution in [0.1, 0.15) is 55.7 Å². The van der Waals surface area contributed by atoms with Crippen LogP contribution >= 0.6 is 0 Å². The number of benzene rings is 2. The lowest BCUT2D eigenvalue weighted by atomic mass is 10.0. The van der Waals surface area contributed by atoms with Gasteiger partial charge in [0.1, 0.15) is 42.6 Å². The largest absolute Gasteiger partial charge is 0.487 e. The fourth-order valence-electron chi connectivity index (χ4n) is 6.06. The Morgan fingerprint density at radius 2 is 1.59 bits per heavy atom. The number of aromatic nitrogens is 1. The average Bonchev–Trinajstić information content (AvgIpc) is 3.58. The molecule has 3 aromatic rings. The predicted octanol–water partition coefficient (Wildman–Crippen LogP) is 4.17. The summed E-state index contributed by atoms with van der Waals surface area (Å²) in [5.74, 6) is -1.45. The number of azide groups is 1. The Labute approximate surface area is 334 Å². The van der Waals surface area contributed by atoms with Crippen LogP contribution in [0.2, 0.25) is 0 Å². The maximum Gasteiger partial charge on any atom is 0.354 e. The third-order valence-corrected chi connectivity index (χ3v) is 8.51. The summed E-state index contributed by atoms with van der Waals surface area (Å²) in [6.07, 6.45) is -3.84. The third-order valence-electron chi connectivity index (χ3n) is 8.51. The van der Waals surface area contributed by atoms with Crippen molar-refractivity contribution in [2.24, 2.45) is 5.11 Å². The lowest BCUT2D eigenvalue weighted by molar-refractivity contribution is -0.245. The van der Waals surface area contributed by atoms with Gasteiger partial charge in [0, 0.05) is 44.2 Å². The van der Waals surface area contributed by atoms with Gasteiger partial charge in [-0.1, -0.05) is 23.3 Å². The first-order valence-electron chi connectivity index (χ1n) is 18.7. The molecule has 0 radical (unpaired) electrons. The molecular formula is C39H50N4O15. The molecule has 4 atom stereocenters. The van der Waals surface area contributed by atoms with Crippen LogP contribution in [-0.4, -0.2) is 118 Å². The number of esters is 4. The molecule has 0 bridgehead atoms. The van der Waals surface area contributed by atoms with Crippen molar-refractivity contribution in [3.05, 3.63) is 69.7 Å². The summed E-state index contributed by atoms with van der Waals surface area (Å²) >= 11 is 0. The third kappa shape index (κ3) is 13.9. The number of aliphatic hydroxyl groups is 1. The first-order valence-corrected chi connectivity index (χ1v) is 18.7. The van der Waals surface area contributed by atoms with Gasteiger partial charge >= 0.3 is 23.9 Å². The fraction of sp³-hybridized carbons (Fsp3) is 0.538. The van der Waals surface area contributed by atoms with E-state index >= 15 is 0 Å². The second-order valence-corrected chi connectivity index (χ2v) is 12.8. The number of hydrogen-bond donors (Lipinski definition) is 1. The summed E-state index contributed by atoms with van der Waals surface area (Å²) in [5.41, 5.74) is 10.5. The van der Waals surface area contributed by atoms with Gasteiger partial charge in [-0.3, -0.25) is 14.4 Å². The molecule has 0 spiro atoms. The van der Waals surface area contributed by atoms with Gasteiger partial charge in [-0.15, -0.1) is 0 Å². The molecule has 2 heterocycles. The molecule has 4 rings (SSSR count). The van der Waals surface area contributed by atoms with Gasteiger partial charge in [0.05, 0.1) is 64.8 Å². The van der Waals surface area contributed by atoms with Crippen LogP contribution in [0.25, 0.3) is 21.3 Å². The number of rotatable bonds is 24. The van der Waals surface area contributed by atoms with Crippen LogP contribution in [-0.2, 0) is 72.0 Å². The Balaban J connectivity index is 1.43. The fourth-order valence-corrected chi connectivity index (χ4v) is 6.06. The Morgan fingerprint density at radius 1 is 0.897 bits per heavy atom. The first-order chi connectivity index (χ1) is 28.0. The highest BCUT2D eigenvalue weighted by Gasteiger charge is 2.44. The Bertz CT molecular complexity index is 1860. The Hall–Kier alpha value is -5.43. The maximum absolute atomic E-state index is 13.1. The van der Waals surface area contributed by atoms with E-state index in [-0.39, 0.29) is 58.2 Å². The molecule has 0 unspecified atom stereocenters. The normalized spacial score (nSPS) is 17.5. The van der Waals surface area contributed by atoms with E-state index in [9.17, 15) is 24.3 Å². The minimum atomic E-state index is -1.03. The minimum absolute atomic E-state index is 0.0305. The smallest absolute Gasteiger partial charge is 0.354 e. The molecule has 316 valence electrons. The van der Waals surface area contributed by atoms with Crippen molar-refractivity contribution in [1.82, 2.24) is 4.57 Å². The molecule has 58 heavy (non-hydrogen) atoms. The van der Waals surface area contributed by atoms with Gasteiger partial charge in [0.2, 0.25) is 6.29 Å². The summed E-state index contributed by atoms with van der Waals surface area (Å²) in [5, 5.41) is 14.2. The molecule has 0 amide bonds. The van der Waals surface area contributed by atoms with Crippen LogP contribution in [0.4, 0.5) is 0 Å². The molecule has 2 aromatic carbocycles. The number of hydrogen-bond acceptors (Lipinski definition) is 16. The maximum atomic E-state index is 13.1. The van der Waals surface area contributed by atoms with E-state index in [0.717, 1.165) is 5.56 Å². The van der Waals surface area contributed by atoms with Gasteiger partial charge in [0.15, 0.2) is 6.10 Å². The molecule has 1 aliphatic heterocycles. The van der Waals surface area contributed by atoms with Crippen molar-refractivity contribution < 1.29 is 71.7 Å². The van der Waals surface area contributed by atoms with E-state index in [4.69, 9.17) is 52.9 Å². The average molecular weight is 815 g/mol. The number of ether oxygens (including phenoxy) is 10. The van der Waals surface area contributed by atoms with E-state index in [1.54, 1.807) is 54.0 Å². The van der Waals surface area contributed by atoms with E-state index < -0.39 is 48.5 Å². The molecule has 1 saturated heterocycles. The van der Waals surface area contributed by atoms with Crippen molar-refractivity contribution in [3.8, 4) is 11.5 Å². The van der Waals surface area contributed by atoms with Crippen LogP contribution in [0, 0.1) is 0 Å². The summed E-state index contributed by atoms with van der Waals surface area (Å²) in [7, 11) is 0. The van der Waals surface area contributed by atoms with E-state index in [0.29, 0.717) is 61.0 Å². The molecule has 0 saturated carbocycles. The molecule has 1 fully saturated rings. The zero-order valence-corrected chi connectivity index (χ0v) is 33.0. The molecule has 1 aromatic heterocycles. The van der Waals surface area contributed by atoms with Crippen LogP contribution in [0.3, 0.4) is 0 Å². The van der Waals surface area contributed by atoms with E-state index in [1.807, 2.05) is 0 Å². The molecule has 19 nitrogen and oxygen atoms in total. The van der Waals surface area contributed by atoms with Crippen molar-refractivity contribution >= 4 is 34.8 Å². The Kier molecular flexibility index (Phi) is 18.5. The van der Waals surface area contributed by atoms with Gasteiger partial charge < -0.3 is 57.0 Å². The highest BCUT2D eigenvalue weighted by Crippen LogP contribution is 2.34. The Morgan fingerprint density at radius 3 is 2.22 bits per heavy atom. The minimum Gasteiger partial charge on any atom is -0.487 e. The van der Waals surface area contributed by atoms with Crippen LogP contribution in [0.5, 0.6) is 11.5 Å². The van der Waals surface area contributed by atoms with Gasteiger partial charge in [-0.05, 0) is 47.8 Å². The topological polar surface area (TPSA) is 235 Å². The number of fused-ring (bicyclic) bond motifs is 1. The van der Waals surface area contributed by atoms with Crippen molar-refractivity contribution in [2.45, 2.75) is 78.5 Å². The van der Waals surface area contributed by atoms with Gasteiger partial charge in [-0.25, -0.2) is 4.79 Å². The van der Waals surface area contributed by atoms with Crippen molar-refractivity contribution in [1.29, 1.82) is 0 Å². The number of nitrogens with zero attached hydrogens (tertiary/aromatic N) is 4. The second-order valence-electron chi connectivity index (χ2n) is 12.8. The van der Waals surface area contributed by atoms with Crippen LogP contribution < -0.4 is 9.47 Å².